The minimum Gasteiger partial charge on any atom is -0.478 e. The monoisotopic (exact) mass is 235 g/mol. The molecule has 0 saturated heterocycles. The van der Waals surface area contributed by atoms with Crippen molar-refractivity contribution in [3.63, 3.8) is 0 Å². The van der Waals surface area contributed by atoms with Gasteiger partial charge in [-0.15, -0.1) is 0 Å². The van der Waals surface area contributed by atoms with Crippen molar-refractivity contribution in [1.29, 1.82) is 5.26 Å². The van der Waals surface area contributed by atoms with Gasteiger partial charge in [0.05, 0.1) is 24.8 Å². The average Bonchev–Trinajstić information content (AvgIpc) is 2.30. The van der Waals surface area contributed by atoms with Crippen LogP contribution in [-0.4, -0.2) is 17.7 Å². The van der Waals surface area contributed by atoms with E-state index in [-0.39, 0.29) is 24.3 Å². The van der Waals surface area contributed by atoms with Gasteiger partial charge in [-0.3, -0.25) is 0 Å². The first-order valence-electron chi connectivity index (χ1n) is 5.03. The summed E-state index contributed by atoms with van der Waals surface area (Å²) >= 11 is 0. The summed E-state index contributed by atoms with van der Waals surface area (Å²) in [7, 11) is 0. The molecule has 0 unspecified atom stereocenters. The molecule has 0 bridgehead atoms. The number of nitriles is 1. The summed E-state index contributed by atoms with van der Waals surface area (Å²) in [5.41, 5.74) is -0.474. The molecule has 1 aliphatic rings. The zero-order valence-corrected chi connectivity index (χ0v) is 9.16. The molecule has 0 radical (unpaired) electrons. The quantitative estimate of drug-likeness (QED) is 0.806. The Morgan fingerprint density at radius 3 is 2.94 bits per heavy atom. The molecule has 0 fully saturated rings. The normalized spacial score (nSPS) is 22.6. The number of nitrogens with zero attached hydrogens (tertiary/aromatic N) is 1. The zero-order valence-electron chi connectivity index (χ0n) is 9.16. The fraction of sp³-hybridized carbons (Fsp3) is 0.333. The SMILES string of the molecule is C[C@]1(C#N)COCc2c(F)cc(C(=O)O)cc21. The van der Waals surface area contributed by atoms with Gasteiger partial charge in [-0.05, 0) is 24.6 Å². The molecule has 17 heavy (non-hydrogen) atoms. The highest BCUT2D eigenvalue weighted by molar-refractivity contribution is 5.88. The van der Waals surface area contributed by atoms with Gasteiger partial charge >= 0.3 is 5.97 Å². The van der Waals surface area contributed by atoms with E-state index in [1.54, 1.807) is 6.92 Å². The van der Waals surface area contributed by atoms with Crippen molar-refractivity contribution in [2.45, 2.75) is 18.9 Å². The highest BCUT2D eigenvalue weighted by Crippen LogP contribution is 2.34. The van der Waals surface area contributed by atoms with Gasteiger partial charge in [0.2, 0.25) is 0 Å². The number of hydrogen-bond donors (Lipinski definition) is 1. The van der Waals surface area contributed by atoms with E-state index < -0.39 is 17.2 Å². The van der Waals surface area contributed by atoms with E-state index in [0.29, 0.717) is 5.56 Å². The Bertz CT molecular complexity index is 535. The molecule has 2 rings (SSSR count). The number of carbonyl (C=O) groups is 1. The first-order chi connectivity index (χ1) is 7.98. The fourth-order valence-electron chi connectivity index (χ4n) is 1.93. The maximum absolute atomic E-state index is 13.7. The van der Waals surface area contributed by atoms with Crippen LogP contribution in [0.2, 0.25) is 0 Å². The van der Waals surface area contributed by atoms with Gasteiger partial charge in [0.1, 0.15) is 11.2 Å². The number of carboxylic acids is 1. The number of rotatable bonds is 1. The second-order valence-corrected chi connectivity index (χ2v) is 4.23. The molecule has 4 nitrogen and oxygen atoms in total. The summed E-state index contributed by atoms with van der Waals surface area (Å²) in [5, 5.41) is 18.0. The number of aromatic carboxylic acids is 1. The molecule has 1 aliphatic heterocycles. The van der Waals surface area contributed by atoms with Crippen LogP contribution in [-0.2, 0) is 16.8 Å². The second-order valence-electron chi connectivity index (χ2n) is 4.23. The first-order valence-corrected chi connectivity index (χ1v) is 5.03. The summed E-state index contributed by atoms with van der Waals surface area (Å²) < 4.78 is 18.9. The predicted octanol–water partition coefficient (Wildman–Crippen LogP) is 1.84. The molecule has 1 heterocycles. The number of ether oxygens (including phenoxy) is 1. The van der Waals surface area contributed by atoms with Crippen LogP contribution in [0, 0.1) is 17.1 Å². The molecule has 1 aromatic carbocycles. The average molecular weight is 235 g/mol. The molecule has 0 amide bonds. The predicted molar refractivity (Wildman–Crippen MR) is 56.0 cm³/mol. The Balaban J connectivity index is 2.68. The fourth-order valence-corrected chi connectivity index (χ4v) is 1.93. The van der Waals surface area contributed by atoms with E-state index in [1.807, 2.05) is 6.07 Å². The van der Waals surface area contributed by atoms with E-state index >= 15 is 0 Å². The van der Waals surface area contributed by atoms with Crippen molar-refractivity contribution in [2.75, 3.05) is 6.61 Å². The number of carboxylic acid groups (broad SMARTS) is 1. The van der Waals surface area contributed by atoms with Crippen molar-refractivity contribution in [1.82, 2.24) is 0 Å². The molecule has 1 aromatic rings. The van der Waals surface area contributed by atoms with Crippen LogP contribution in [0.5, 0.6) is 0 Å². The van der Waals surface area contributed by atoms with Crippen LogP contribution in [0.1, 0.15) is 28.4 Å². The molecule has 0 saturated carbocycles. The number of hydrogen-bond acceptors (Lipinski definition) is 3. The Hall–Kier alpha value is -1.93. The molecule has 88 valence electrons. The van der Waals surface area contributed by atoms with Gasteiger partial charge in [-0.2, -0.15) is 5.26 Å². The number of fused-ring (bicyclic) bond motifs is 1. The minimum absolute atomic E-state index is 0.0678. The molecule has 0 spiro atoms. The Kier molecular flexibility index (Phi) is 2.60. The third-order valence-electron chi connectivity index (χ3n) is 2.92. The second kappa shape index (κ2) is 3.82. The Labute approximate surface area is 97.2 Å². The summed E-state index contributed by atoms with van der Waals surface area (Å²) in [4.78, 5) is 10.9. The molecule has 1 N–H and O–H groups in total. The van der Waals surface area contributed by atoms with Gasteiger partial charge < -0.3 is 9.84 Å². The lowest BCUT2D eigenvalue weighted by Gasteiger charge is -2.30. The van der Waals surface area contributed by atoms with Crippen molar-refractivity contribution >= 4 is 5.97 Å². The van der Waals surface area contributed by atoms with E-state index in [1.165, 1.54) is 6.07 Å². The minimum atomic E-state index is -1.21. The molecule has 5 heteroatoms. The van der Waals surface area contributed by atoms with Crippen LogP contribution in [0.3, 0.4) is 0 Å². The highest BCUT2D eigenvalue weighted by atomic mass is 19.1. The third kappa shape index (κ3) is 1.77. The highest BCUT2D eigenvalue weighted by Gasteiger charge is 2.35. The lowest BCUT2D eigenvalue weighted by atomic mass is 9.79. The summed E-state index contributed by atoms with van der Waals surface area (Å²) in [6, 6.07) is 4.35. The smallest absolute Gasteiger partial charge is 0.335 e. The largest absolute Gasteiger partial charge is 0.478 e. The molecule has 0 aliphatic carbocycles. The molecular weight excluding hydrogens is 225 g/mol. The Morgan fingerprint density at radius 1 is 1.65 bits per heavy atom. The van der Waals surface area contributed by atoms with Crippen LogP contribution in [0.25, 0.3) is 0 Å². The molecular formula is C12H10FNO3. The van der Waals surface area contributed by atoms with E-state index in [4.69, 9.17) is 15.1 Å². The van der Waals surface area contributed by atoms with Crippen LogP contribution in [0.15, 0.2) is 12.1 Å². The number of halogens is 1. The molecule has 1 atom stereocenters. The van der Waals surface area contributed by atoms with Crippen LogP contribution >= 0.6 is 0 Å². The van der Waals surface area contributed by atoms with Crippen molar-refractivity contribution in [3.8, 4) is 6.07 Å². The standard InChI is InChI=1S/C12H10FNO3/c1-12(5-14)6-17-4-8-9(12)2-7(11(15)16)3-10(8)13/h2-3H,4,6H2,1H3,(H,15,16)/t12-/m0/s1. The summed E-state index contributed by atoms with van der Waals surface area (Å²) in [6.45, 7) is 1.81. The Morgan fingerprint density at radius 2 is 2.35 bits per heavy atom. The summed E-state index contributed by atoms with van der Waals surface area (Å²) in [6.07, 6.45) is 0. The van der Waals surface area contributed by atoms with Crippen molar-refractivity contribution in [2.24, 2.45) is 0 Å². The molecule has 0 aromatic heterocycles. The van der Waals surface area contributed by atoms with Gasteiger partial charge in [-0.25, -0.2) is 9.18 Å². The van der Waals surface area contributed by atoms with Crippen molar-refractivity contribution < 1.29 is 19.0 Å². The van der Waals surface area contributed by atoms with E-state index in [9.17, 15) is 9.18 Å². The van der Waals surface area contributed by atoms with Gasteiger partial charge in [-0.1, -0.05) is 0 Å². The van der Waals surface area contributed by atoms with E-state index in [2.05, 4.69) is 0 Å². The lowest BCUT2D eigenvalue weighted by Crippen LogP contribution is -2.33. The first kappa shape index (κ1) is 11.6. The topological polar surface area (TPSA) is 70.3 Å². The van der Waals surface area contributed by atoms with Gasteiger partial charge in [0.15, 0.2) is 0 Å². The van der Waals surface area contributed by atoms with Gasteiger partial charge in [0, 0.05) is 5.56 Å². The zero-order chi connectivity index (χ0) is 12.6. The van der Waals surface area contributed by atoms with E-state index in [0.717, 1.165) is 6.07 Å². The van der Waals surface area contributed by atoms with Crippen LogP contribution < -0.4 is 0 Å². The summed E-state index contributed by atoms with van der Waals surface area (Å²) in [5.74, 6) is -1.85. The van der Waals surface area contributed by atoms with Gasteiger partial charge in [0.25, 0.3) is 0 Å². The third-order valence-corrected chi connectivity index (χ3v) is 2.92. The maximum Gasteiger partial charge on any atom is 0.335 e. The number of benzene rings is 1. The lowest BCUT2D eigenvalue weighted by molar-refractivity contribution is 0.0681. The van der Waals surface area contributed by atoms with Crippen molar-refractivity contribution in [3.05, 3.63) is 34.6 Å². The van der Waals surface area contributed by atoms with Crippen LogP contribution in [0.4, 0.5) is 4.39 Å². The maximum atomic E-state index is 13.7.